The van der Waals surface area contributed by atoms with Crippen LogP contribution in [0.5, 0.6) is 0 Å². The van der Waals surface area contributed by atoms with Crippen LogP contribution in [0.15, 0.2) is 42.6 Å². The average molecular weight is 335 g/mol. The molecule has 0 bridgehead atoms. The number of carbonyl (C=O) groups excluding carboxylic acids is 1. The number of nitrogens with one attached hydrogen (secondary N) is 1. The highest BCUT2D eigenvalue weighted by Crippen LogP contribution is 2.20. The molecule has 0 unspecified atom stereocenters. The fraction of sp³-hybridized carbons (Fsp3) is 0.250. The molecule has 2 heterocycles. The van der Waals surface area contributed by atoms with Gasteiger partial charge < -0.3 is 15.1 Å². The van der Waals surface area contributed by atoms with Crippen LogP contribution < -0.4 is 10.2 Å². The van der Waals surface area contributed by atoms with Crippen LogP contribution in [0.3, 0.4) is 0 Å². The number of urea groups is 1. The van der Waals surface area contributed by atoms with Crippen molar-refractivity contribution in [1.29, 1.82) is 0 Å². The molecule has 0 radical (unpaired) electrons. The molecule has 3 rings (SSSR count). The highest BCUT2D eigenvalue weighted by atomic mass is 35.5. The second-order valence-electron chi connectivity index (χ2n) is 5.22. The van der Waals surface area contributed by atoms with E-state index in [0.717, 1.165) is 5.82 Å². The first-order chi connectivity index (χ1) is 11.1. The second-order valence-corrected chi connectivity index (χ2v) is 5.65. The van der Waals surface area contributed by atoms with E-state index in [1.54, 1.807) is 17.2 Å². The lowest BCUT2D eigenvalue weighted by atomic mass is 10.3. The first-order valence-corrected chi connectivity index (χ1v) is 7.68. The van der Waals surface area contributed by atoms with Gasteiger partial charge in [0.2, 0.25) is 0 Å². The Balaban J connectivity index is 1.58. The normalized spacial score (nSPS) is 14.7. The molecule has 1 aromatic heterocycles. The topological polar surface area (TPSA) is 48.5 Å². The molecule has 120 valence electrons. The third-order valence-corrected chi connectivity index (χ3v) is 3.95. The lowest BCUT2D eigenvalue weighted by Crippen LogP contribution is -2.50. The number of aromatic nitrogens is 1. The fourth-order valence-corrected chi connectivity index (χ4v) is 2.62. The minimum absolute atomic E-state index is 0.131. The van der Waals surface area contributed by atoms with Gasteiger partial charge in [0, 0.05) is 37.4 Å². The average Bonchev–Trinajstić information content (AvgIpc) is 2.58. The van der Waals surface area contributed by atoms with Gasteiger partial charge in [0.05, 0.1) is 5.69 Å². The SMILES string of the molecule is O=C(Nc1ccc(Cl)cc1F)N1CCN(c2ccccn2)CC1. The Morgan fingerprint density at radius 1 is 1.17 bits per heavy atom. The zero-order valence-electron chi connectivity index (χ0n) is 12.4. The summed E-state index contributed by atoms with van der Waals surface area (Å²) in [6.07, 6.45) is 1.75. The molecule has 5 nitrogen and oxygen atoms in total. The predicted molar refractivity (Wildman–Crippen MR) is 88.5 cm³/mol. The molecule has 0 atom stereocenters. The lowest BCUT2D eigenvalue weighted by molar-refractivity contribution is 0.208. The molecule has 0 spiro atoms. The molecule has 1 N–H and O–H groups in total. The molecule has 1 aliphatic heterocycles. The van der Waals surface area contributed by atoms with Crippen LogP contribution in [0.2, 0.25) is 5.02 Å². The van der Waals surface area contributed by atoms with E-state index in [9.17, 15) is 9.18 Å². The molecule has 0 saturated carbocycles. The Hall–Kier alpha value is -2.34. The van der Waals surface area contributed by atoms with E-state index >= 15 is 0 Å². The number of nitrogens with zero attached hydrogens (tertiary/aromatic N) is 3. The summed E-state index contributed by atoms with van der Waals surface area (Å²) in [7, 11) is 0. The number of rotatable bonds is 2. The molecular weight excluding hydrogens is 319 g/mol. The van der Waals surface area contributed by atoms with E-state index in [1.165, 1.54) is 12.1 Å². The van der Waals surface area contributed by atoms with Gasteiger partial charge in [-0.3, -0.25) is 0 Å². The minimum Gasteiger partial charge on any atom is -0.353 e. The van der Waals surface area contributed by atoms with Gasteiger partial charge in [0.15, 0.2) is 0 Å². The molecular formula is C16H16ClFN4O. The van der Waals surface area contributed by atoms with E-state index in [1.807, 2.05) is 18.2 Å². The van der Waals surface area contributed by atoms with Crippen LogP contribution in [-0.2, 0) is 0 Å². The monoisotopic (exact) mass is 334 g/mol. The summed E-state index contributed by atoms with van der Waals surface area (Å²) in [4.78, 5) is 20.3. The van der Waals surface area contributed by atoms with Crippen molar-refractivity contribution >= 4 is 29.1 Å². The van der Waals surface area contributed by atoms with E-state index in [4.69, 9.17) is 11.6 Å². The number of pyridine rings is 1. The highest BCUT2D eigenvalue weighted by Gasteiger charge is 2.22. The maximum Gasteiger partial charge on any atom is 0.322 e. The maximum absolute atomic E-state index is 13.7. The quantitative estimate of drug-likeness (QED) is 0.917. The Bertz CT molecular complexity index is 690. The van der Waals surface area contributed by atoms with Gasteiger partial charge >= 0.3 is 6.03 Å². The smallest absolute Gasteiger partial charge is 0.322 e. The summed E-state index contributed by atoms with van der Waals surface area (Å²) < 4.78 is 13.7. The number of carbonyl (C=O) groups is 1. The van der Waals surface area contributed by atoms with Crippen molar-refractivity contribution < 1.29 is 9.18 Å². The fourth-order valence-electron chi connectivity index (χ4n) is 2.46. The Labute approximate surface area is 138 Å². The third-order valence-electron chi connectivity index (χ3n) is 3.71. The highest BCUT2D eigenvalue weighted by molar-refractivity contribution is 6.30. The lowest BCUT2D eigenvalue weighted by Gasteiger charge is -2.35. The minimum atomic E-state index is -0.544. The molecule has 2 amide bonds. The van der Waals surface area contributed by atoms with E-state index in [0.29, 0.717) is 31.2 Å². The van der Waals surface area contributed by atoms with Crippen LogP contribution in [0, 0.1) is 5.82 Å². The summed E-state index contributed by atoms with van der Waals surface area (Å²) in [6.45, 7) is 2.48. The zero-order chi connectivity index (χ0) is 16.2. The van der Waals surface area contributed by atoms with Crippen LogP contribution in [0.1, 0.15) is 0 Å². The van der Waals surface area contributed by atoms with Crippen LogP contribution in [0.4, 0.5) is 20.7 Å². The number of anilines is 2. The molecule has 0 aliphatic carbocycles. The van der Waals surface area contributed by atoms with Crippen molar-refractivity contribution in [3.05, 3.63) is 53.4 Å². The summed E-state index contributed by atoms with van der Waals surface area (Å²) in [5, 5.41) is 2.88. The Morgan fingerprint density at radius 2 is 1.96 bits per heavy atom. The van der Waals surface area contributed by atoms with Crippen molar-refractivity contribution in [2.75, 3.05) is 36.4 Å². The van der Waals surface area contributed by atoms with Crippen LogP contribution >= 0.6 is 11.6 Å². The molecule has 1 saturated heterocycles. The van der Waals surface area contributed by atoms with Gasteiger partial charge in [-0.05, 0) is 30.3 Å². The van der Waals surface area contributed by atoms with Gasteiger partial charge in [0.1, 0.15) is 11.6 Å². The first-order valence-electron chi connectivity index (χ1n) is 7.30. The van der Waals surface area contributed by atoms with Gasteiger partial charge in [-0.1, -0.05) is 17.7 Å². The number of piperazine rings is 1. The van der Waals surface area contributed by atoms with Gasteiger partial charge in [-0.15, -0.1) is 0 Å². The third kappa shape index (κ3) is 3.71. The van der Waals surface area contributed by atoms with Crippen molar-refractivity contribution in [1.82, 2.24) is 9.88 Å². The maximum atomic E-state index is 13.7. The molecule has 2 aromatic rings. The number of hydrogen-bond acceptors (Lipinski definition) is 3. The van der Waals surface area contributed by atoms with E-state index < -0.39 is 5.82 Å². The Kier molecular flexibility index (Phi) is 4.62. The number of benzene rings is 1. The largest absolute Gasteiger partial charge is 0.353 e. The van der Waals surface area contributed by atoms with E-state index in [-0.39, 0.29) is 11.7 Å². The van der Waals surface area contributed by atoms with Crippen LogP contribution in [-0.4, -0.2) is 42.1 Å². The summed E-state index contributed by atoms with van der Waals surface area (Å²) >= 11 is 5.70. The summed E-state index contributed by atoms with van der Waals surface area (Å²) in [5.41, 5.74) is 0.131. The second kappa shape index (κ2) is 6.83. The number of hydrogen-bond donors (Lipinski definition) is 1. The summed E-state index contributed by atoms with van der Waals surface area (Å²) in [5.74, 6) is 0.356. The zero-order valence-corrected chi connectivity index (χ0v) is 13.1. The molecule has 7 heteroatoms. The van der Waals surface area contributed by atoms with Gasteiger partial charge in [-0.2, -0.15) is 0 Å². The standard InChI is InChI=1S/C16H16ClFN4O/c17-12-4-5-14(13(18)11-12)20-16(23)22-9-7-21(8-10-22)15-3-1-2-6-19-15/h1-6,11H,7-10H2,(H,20,23). The Morgan fingerprint density at radius 3 is 2.61 bits per heavy atom. The van der Waals surface area contributed by atoms with Gasteiger partial charge in [0.25, 0.3) is 0 Å². The van der Waals surface area contributed by atoms with Crippen molar-refractivity contribution in [2.24, 2.45) is 0 Å². The predicted octanol–water partition coefficient (Wildman–Crippen LogP) is 3.23. The van der Waals surface area contributed by atoms with E-state index in [2.05, 4.69) is 15.2 Å². The van der Waals surface area contributed by atoms with Gasteiger partial charge in [-0.25, -0.2) is 14.2 Å². The number of amides is 2. The summed E-state index contributed by atoms with van der Waals surface area (Å²) in [6, 6.07) is 9.61. The van der Waals surface area contributed by atoms with Crippen molar-refractivity contribution in [2.45, 2.75) is 0 Å². The molecule has 1 fully saturated rings. The first kappa shape index (κ1) is 15.6. The number of halogens is 2. The molecule has 1 aromatic carbocycles. The van der Waals surface area contributed by atoms with Crippen molar-refractivity contribution in [3.8, 4) is 0 Å². The van der Waals surface area contributed by atoms with Crippen molar-refractivity contribution in [3.63, 3.8) is 0 Å². The molecule has 1 aliphatic rings. The molecule has 23 heavy (non-hydrogen) atoms. The van der Waals surface area contributed by atoms with Crippen LogP contribution in [0.25, 0.3) is 0 Å².